The number of hydrogen-bond donors (Lipinski definition) is 2. The first kappa shape index (κ1) is 14.9. The number of hydrogen-bond acceptors (Lipinski definition) is 2. The molecule has 1 aromatic rings. The van der Waals surface area contributed by atoms with Gasteiger partial charge in [-0.2, -0.15) is 0 Å². The number of carboxylic acid groups (broad SMARTS) is 1. The van der Waals surface area contributed by atoms with Gasteiger partial charge in [-0.05, 0) is 43.4 Å². The van der Waals surface area contributed by atoms with Gasteiger partial charge in [0, 0.05) is 12.2 Å². The van der Waals surface area contributed by atoms with Gasteiger partial charge >= 0.3 is 12.0 Å². The van der Waals surface area contributed by atoms with E-state index in [1.807, 2.05) is 6.92 Å². The number of rotatable bonds is 5. The van der Waals surface area contributed by atoms with Gasteiger partial charge in [-0.1, -0.05) is 12.0 Å². The van der Waals surface area contributed by atoms with Gasteiger partial charge in [0.05, 0.1) is 12.1 Å². The molecule has 1 saturated carbocycles. The van der Waals surface area contributed by atoms with Crippen LogP contribution in [0.3, 0.4) is 0 Å². The monoisotopic (exact) mass is 286 g/mol. The normalized spacial score (nSPS) is 13.3. The van der Waals surface area contributed by atoms with Gasteiger partial charge in [0.2, 0.25) is 0 Å². The Labute approximate surface area is 124 Å². The predicted octanol–water partition coefficient (Wildman–Crippen LogP) is 2.57. The van der Waals surface area contributed by atoms with Gasteiger partial charge in [0.1, 0.15) is 0 Å². The SMILES string of the molecule is C#CCN(CC1CC1)C(=O)Nc1cc(C(=O)O)ccc1C. The Kier molecular flexibility index (Phi) is 4.49. The maximum atomic E-state index is 12.3. The zero-order valence-corrected chi connectivity index (χ0v) is 11.9. The Morgan fingerprint density at radius 1 is 1.48 bits per heavy atom. The molecular weight excluding hydrogens is 268 g/mol. The minimum Gasteiger partial charge on any atom is -0.478 e. The maximum Gasteiger partial charge on any atom is 0.335 e. The van der Waals surface area contributed by atoms with Gasteiger partial charge < -0.3 is 15.3 Å². The third-order valence-electron chi connectivity index (χ3n) is 3.47. The van der Waals surface area contributed by atoms with E-state index in [-0.39, 0.29) is 18.1 Å². The largest absolute Gasteiger partial charge is 0.478 e. The number of amides is 2. The fourth-order valence-corrected chi connectivity index (χ4v) is 2.03. The Morgan fingerprint density at radius 3 is 2.76 bits per heavy atom. The zero-order chi connectivity index (χ0) is 15.4. The summed E-state index contributed by atoms with van der Waals surface area (Å²) in [6.07, 6.45) is 7.55. The van der Waals surface area contributed by atoms with E-state index in [9.17, 15) is 9.59 Å². The molecule has 1 aromatic carbocycles. The lowest BCUT2D eigenvalue weighted by molar-refractivity contribution is 0.0697. The van der Waals surface area contributed by atoms with Gasteiger partial charge in [0.15, 0.2) is 0 Å². The molecule has 0 saturated heterocycles. The highest BCUT2D eigenvalue weighted by molar-refractivity contribution is 5.94. The van der Waals surface area contributed by atoms with E-state index in [4.69, 9.17) is 11.5 Å². The first-order chi connectivity index (χ1) is 10.0. The van der Waals surface area contributed by atoms with Gasteiger partial charge in [-0.3, -0.25) is 0 Å². The van der Waals surface area contributed by atoms with E-state index in [1.165, 1.54) is 12.1 Å². The van der Waals surface area contributed by atoms with Crippen molar-refractivity contribution in [1.82, 2.24) is 4.90 Å². The van der Waals surface area contributed by atoms with E-state index in [2.05, 4.69) is 11.2 Å². The first-order valence-corrected chi connectivity index (χ1v) is 6.84. The summed E-state index contributed by atoms with van der Waals surface area (Å²) in [7, 11) is 0. The van der Waals surface area contributed by atoms with Crippen LogP contribution >= 0.6 is 0 Å². The Hall–Kier alpha value is -2.48. The highest BCUT2D eigenvalue weighted by Gasteiger charge is 2.26. The van der Waals surface area contributed by atoms with Crippen molar-refractivity contribution >= 4 is 17.7 Å². The lowest BCUT2D eigenvalue weighted by Crippen LogP contribution is -2.37. The molecule has 0 unspecified atom stereocenters. The summed E-state index contributed by atoms with van der Waals surface area (Å²) in [5.41, 5.74) is 1.44. The third-order valence-corrected chi connectivity index (χ3v) is 3.47. The average Bonchev–Trinajstić information content (AvgIpc) is 3.24. The Morgan fingerprint density at radius 2 is 2.19 bits per heavy atom. The van der Waals surface area contributed by atoms with Crippen LogP contribution in [0.1, 0.15) is 28.8 Å². The van der Waals surface area contributed by atoms with Crippen LogP contribution in [-0.4, -0.2) is 35.1 Å². The molecule has 0 atom stereocenters. The summed E-state index contributed by atoms with van der Waals surface area (Å²) >= 11 is 0. The molecular formula is C16H18N2O3. The van der Waals surface area contributed by atoms with Crippen LogP contribution in [0.2, 0.25) is 0 Å². The van der Waals surface area contributed by atoms with Crippen LogP contribution in [0.25, 0.3) is 0 Å². The molecule has 1 fully saturated rings. The quantitative estimate of drug-likeness (QED) is 0.817. The van der Waals surface area contributed by atoms with Crippen molar-refractivity contribution in [3.05, 3.63) is 29.3 Å². The highest BCUT2D eigenvalue weighted by atomic mass is 16.4. The van der Waals surface area contributed by atoms with Gasteiger partial charge in [0.25, 0.3) is 0 Å². The summed E-state index contributed by atoms with van der Waals surface area (Å²) < 4.78 is 0. The smallest absolute Gasteiger partial charge is 0.335 e. The summed E-state index contributed by atoms with van der Waals surface area (Å²) in [5, 5.41) is 11.8. The number of urea groups is 1. The Balaban J connectivity index is 2.11. The molecule has 0 radical (unpaired) electrons. The van der Waals surface area contributed by atoms with Crippen LogP contribution in [0, 0.1) is 25.2 Å². The second-order valence-corrected chi connectivity index (χ2v) is 5.29. The van der Waals surface area contributed by atoms with Crippen molar-refractivity contribution in [1.29, 1.82) is 0 Å². The number of aromatic carboxylic acids is 1. The van der Waals surface area contributed by atoms with E-state index < -0.39 is 5.97 Å². The summed E-state index contributed by atoms with van der Waals surface area (Å²) in [5.74, 6) is 2.00. The number of terminal acetylenes is 1. The lowest BCUT2D eigenvalue weighted by Gasteiger charge is -2.21. The molecule has 0 bridgehead atoms. The molecule has 0 aromatic heterocycles. The van der Waals surface area contributed by atoms with E-state index in [0.29, 0.717) is 18.2 Å². The minimum atomic E-state index is -1.02. The van der Waals surface area contributed by atoms with Crippen LogP contribution in [-0.2, 0) is 0 Å². The van der Waals surface area contributed by atoms with Crippen molar-refractivity contribution in [2.24, 2.45) is 5.92 Å². The number of benzene rings is 1. The summed E-state index contributed by atoms with van der Waals surface area (Å²) in [6, 6.07) is 4.36. The molecule has 0 heterocycles. The van der Waals surface area contributed by atoms with E-state index in [0.717, 1.165) is 18.4 Å². The standard InChI is InChI=1S/C16H18N2O3/c1-3-8-18(10-12-5-6-12)16(21)17-14-9-13(15(19)20)7-4-11(14)2/h1,4,7,9,12H,5-6,8,10H2,2H3,(H,17,21)(H,19,20). The van der Waals surface area contributed by atoms with Crippen molar-refractivity contribution in [2.45, 2.75) is 19.8 Å². The second kappa shape index (κ2) is 6.31. The molecule has 110 valence electrons. The molecule has 0 aliphatic heterocycles. The summed E-state index contributed by atoms with van der Waals surface area (Å²) in [4.78, 5) is 24.8. The van der Waals surface area contributed by atoms with E-state index >= 15 is 0 Å². The molecule has 2 N–H and O–H groups in total. The van der Waals surface area contributed by atoms with Crippen LogP contribution in [0.15, 0.2) is 18.2 Å². The van der Waals surface area contributed by atoms with Gasteiger partial charge in [-0.25, -0.2) is 9.59 Å². The molecule has 0 spiro atoms. The van der Waals surface area contributed by atoms with Crippen molar-refractivity contribution in [3.63, 3.8) is 0 Å². The molecule has 1 aliphatic carbocycles. The molecule has 5 nitrogen and oxygen atoms in total. The topological polar surface area (TPSA) is 69.6 Å². The van der Waals surface area contributed by atoms with Crippen LogP contribution in [0.5, 0.6) is 0 Å². The van der Waals surface area contributed by atoms with Crippen molar-refractivity contribution in [3.8, 4) is 12.3 Å². The Bertz CT molecular complexity index is 600. The average molecular weight is 286 g/mol. The number of aryl methyl sites for hydroxylation is 1. The number of nitrogens with zero attached hydrogens (tertiary/aromatic N) is 1. The summed E-state index contributed by atoms with van der Waals surface area (Å²) in [6.45, 7) is 2.71. The highest BCUT2D eigenvalue weighted by Crippen LogP contribution is 2.30. The maximum absolute atomic E-state index is 12.3. The number of carboxylic acids is 1. The van der Waals surface area contributed by atoms with Gasteiger partial charge in [-0.15, -0.1) is 6.42 Å². The van der Waals surface area contributed by atoms with Crippen LogP contribution < -0.4 is 5.32 Å². The molecule has 2 rings (SSSR count). The van der Waals surface area contributed by atoms with Crippen molar-refractivity contribution in [2.75, 3.05) is 18.4 Å². The fourth-order valence-electron chi connectivity index (χ4n) is 2.03. The third kappa shape index (κ3) is 3.99. The number of carbonyl (C=O) groups is 2. The van der Waals surface area contributed by atoms with Crippen molar-refractivity contribution < 1.29 is 14.7 Å². The molecule has 21 heavy (non-hydrogen) atoms. The number of carbonyl (C=O) groups excluding carboxylic acids is 1. The first-order valence-electron chi connectivity index (χ1n) is 6.84. The molecule has 1 aliphatic rings. The van der Waals surface area contributed by atoms with Crippen LogP contribution in [0.4, 0.5) is 10.5 Å². The minimum absolute atomic E-state index is 0.140. The zero-order valence-electron chi connectivity index (χ0n) is 11.9. The lowest BCUT2D eigenvalue weighted by atomic mass is 10.1. The predicted molar refractivity (Wildman–Crippen MR) is 80.3 cm³/mol. The second-order valence-electron chi connectivity index (χ2n) is 5.29. The number of anilines is 1. The molecule has 5 heteroatoms. The number of nitrogens with one attached hydrogen (secondary N) is 1. The molecule has 2 amide bonds. The fraction of sp³-hybridized carbons (Fsp3) is 0.375. The van der Waals surface area contributed by atoms with E-state index in [1.54, 1.807) is 11.0 Å².